The van der Waals surface area contributed by atoms with E-state index >= 15 is 0 Å². The van der Waals surface area contributed by atoms with Crippen LogP contribution in [0.25, 0.3) is 11.1 Å². The molecule has 218 valence electrons. The highest BCUT2D eigenvalue weighted by Gasteiger charge is 2.66. The van der Waals surface area contributed by atoms with Crippen molar-refractivity contribution in [1.29, 1.82) is 0 Å². The first-order valence-electron chi connectivity index (χ1n) is 12.5. The van der Waals surface area contributed by atoms with Gasteiger partial charge in [0.05, 0.1) is 26.9 Å². The lowest BCUT2D eigenvalue weighted by molar-refractivity contribution is -0.181. The van der Waals surface area contributed by atoms with E-state index in [4.69, 9.17) is 27.9 Å². The van der Waals surface area contributed by atoms with Crippen molar-refractivity contribution in [3.63, 3.8) is 0 Å². The van der Waals surface area contributed by atoms with Crippen LogP contribution < -0.4 is 18.9 Å². The SMILES string of the molecule is CCO[C@]12Oc3cc(OC)cc(OC)c3C1=C(c1ccc(OC)cc1)[C@H](c1ccccc1)[C@@H]2OS(=O)(=O)C(F)(F)F. The summed E-state index contributed by atoms with van der Waals surface area (Å²) in [7, 11) is -1.75. The molecule has 3 aromatic rings. The summed E-state index contributed by atoms with van der Waals surface area (Å²) in [5.74, 6) is -1.84. The maximum absolute atomic E-state index is 13.8. The van der Waals surface area contributed by atoms with Gasteiger partial charge in [0.25, 0.3) is 5.79 Å². The van der Waals surface area contributed by atoms with Crippen LogP contribution in [0.1, 0.15) is 29.5 Å². The fourth-order valence-corrected chi connectivity index (χ4v) is 6.03. The van der Waals surface area contributed by atoms with Crippen molar-refractivity contribution < 1.29 is 49.5 Å². The van der Waals surface area contributed by atoms with Crippen LogP contribution in [0.15, 0.2) is 66.7 Å². The fourth-order valence-electron chi connectivity index (χ4n) is 5.41. The molecule has 1 aliphatic heterocycles. The third kappa shape index (κ3) is 4.69. The second kappa shape index (κ2) is 10.6. The molecule has 3 atom stereocenters. The molecule has 0 N–H and O–H groups in total. The lowest BCUT2D eigenvalue weighted by atomic mass is 9.85. The number of benzene rings is 3. The van der Waals surface area contributed by atoms with E-state index in [2.05, 4.69) is 0 Å². The van der Waals surface area contributed by atoms with Crippen LogP contribution in [0.4, 0.5) is 13.2 Å². The van der Waals surface area contributed by atoms with Crippen molar-refractivity contribution in [2.24, 2.45) is 0 Å². The summed E-state index contributed by atoms with van der Waals surface area (Å²) in [5.41, 5.74) is -3.55. The molecular weight excluding hydrogens is 565 g/mol. The van der Waals surface area contributed by atoms with Crippen molar-refractivity contribution in [3.8, 4) is 23.0 Å². The number of methoxy groups -OCH3 is 3. The molecule has 0 spiro atoms. The smallest absolute Gasteiger partial charge is 0.497 e. The highest BCUT2D eigenvalue weighted by Crippen LogP contribution is 2.64. The van der Waals surface area contributed by atoms with E-state index in [0.717, 1.165) is 0 Å². The normalized spacial score (nSPS) is 21.7. The van der Waals surface area contributed by atoms with Gasteiger partial charge >= 0.3 is 15.6 Å². The minimum absolute atomic E-state index is 0.0553. The number of hydrogen-bond acceptors (Lipinski definition) is 8. The van der Waals surface area contributed by atoms with Crippen LogP contribution in [-0.2, 0) is 19.0 Å². The maximum Gasteiger partial charge on any atom is 0.523 e. The van der Waals surface area contributed by atoms with Gasteiger partial charge in [0, 0.05) is 30.2 Å². The number of fused-ring (bicyclic) bond motifs is 3. The molecule has 41 heavy (non-hydrogen) atoms. The van der Waals surface area contributed by atoms with E-state index in [1.54, 1.807) is 67.6 Å². The first kappa shape index (κ1) is 28.8. The van der Waals surface area contributed by atoms with Gasteiger partial charge in [0.15, 0.2) is 6.10 Å². The number of halogens is 3. The zero-order valence-corrected chi connectivity index (χ0v) is 23.3. The van der Waals surface area contributed by atoms with Crippen molar-refractivity contribution >= 4 is 21.3 Å². The molecule has 8 nitrogen and oxygen atoms in total. The molecule has 12 heteroatoms. The van der Waals surface area contributed by atoms with Crippen LogP contribution in [-0.4, -0.2) is 53.8 Å². The molecule has 0 saturated carbocycles. The van der Waals surface area contributed by atoms with E-state index in [1.807, 2.05) is 0 Å². The standard InChI is InChI=1S/C29H27F3O8S/c1-5-38-28-26(25-21(37-4)15-20(36-3)16-22(25)39-28)23(18-11-13-19(35-2)14-12-18)24(17-9-7-6-8-10-17)27(28)40-41(33,34)29(30,31)32/h6-16,24,27H,5H2,1-4H3/t24-,27-,28-/m0/s1. The van der Waals surface area contributed by atoms with Gasteiger partial charge in [-0.05, 0) is 35.8 Å². The predicted octanol–water partition coefficient (Wildman–Crippen LogP) is 5.78. The zero-order valence-electron chi connectivity index (χ0n) is 22.5. The fraction of sp³-hybridized carbons (Fsp3) is 0.310. The monoisotopic (exact) mass is 592 g/mol. The predicted molar refractivity (Wildman–Crippen MR) is 143 cm³/mol. The molecular formula is C29H27F3O8S. The third-order valence-corrected chi connectivity index (χ3v) is 8.07. The van der Waals surface area contributed by atoms with E-state index in [9.17, 15) is 21.6 Å². The Morgan fingerprint density at radius 2 is 1.56 bits per heavy atom. The van der Waals surface area contributed by atoms with E-state index in [0.29, 0.717) is 33.8 Å². The Morgan fingerprint density at radius 3 is 2.12 bits per heavy atom. The molecule has 0 unspecified atom stereocenters. The Balaban J connectivity index is 1.90. The van der Waals surface area contributed by atoms with Crippen molar-refractivity contribution in [3.05, 3.63) is 83.4 Å². The van der Waals surface area contributed by atoms with Gasteiger partial charge < -0.3 is 23.7 Å². The van der Waals surface area contributed by atoms with Crippen LogP contribution in [0.5, 0.6) is 23.0 Å². The highest BCUT2D eigenvalue weighted by atomic mass is 32.2. The zero-order chi connectivity index (χ0) is 29.6. The summed E-state index contributed by atoms with van der Waals surface area (Å²) < 4.78 is 101. The van der Waals surface area contributed by atoms with Crippen LogP contribution >= 0.6 is 0 Å². The second-order valence-corrected chi connectivity index (χ2v) is 10.8. The average molecular weight is 593 g/mol. The van der Waals surface area contributed by atoms with Gasteiger partial charge in [0.2, 0.25) is 0 Å². The van der Waals surface area contributed by atoms with Crippen LogP contribution in [0.3, 0.4) is 0 Å². The first-order chi connectivity index (χ1) is 19.5. The third-order valence-electron chi connectivity index (χ3n) is 7.05. The molecule has 0 fully saturated rings. The largest absolute Gasteiger partial charge is 0.523 e. The van der Waals surface area contributed by atoms with Crippen LogP contribution in [0.2, 0.25) is 0 Å². The van der Waals surface area contributed by atoms with E-state index in [1.165, 1.54) is 27.4 Å². The van der Waals surface area contributed by atoms with Gasteiger partial charge in [0.1, 0.15) is 23.0 Å². The average Bonchev–Trinajstić information content (AvgIpc) is 3.41. The summed E-state index contributed by atoms with van der Waals surface area (Å²) in [5, 5.41) is 0. The van der Waals surface area contributed by atoms with Gasteiger partial charge in [-0.3, -0.25) is 4.18 Å². The molecule has 2 aliphatic rings. The number of alkyl halides is 3. The molecule has 0 bridgehead atoms. The Morgan fingerprint density at radius 1 is 0.902 bits per heavy atom. The lowest BCUT2D eigenvalue weighted by Crippen LogP contribution is -2.51. The number of rotatable bonds is 9. The summed E-state index contributed by atoms with van der Waals surface area (Å²) in [6, 6.07) is 18.4. The van der Waals surface area contributed by atoms with Gasteiger partial charge in [-0.2, -0.15) is 21.6 Å². The Labute approximate surface area is 235 Å². The molecule has 0 saturated heterocycles. The maximum atomic E-state index is 13.8. The van der Waals surface area contributed by atoms with Crippen molar-refractivity contribution in [2.45, 2.75) is 30.2 Å². The van der Waals surface area contributed by atoms with E-state index in [-0.39, 0.29) is 23.7 Å². The molecule has 0 aromatic heterocycles. The number of hydrogen-bond donors (Lipinski definition) is 0. The van der Waals surface area contributed by atoms with Gasteiger partial charge in [-0.25, -0.2) is 0 Å². The number of ether oxygens (including phenoxy) is 5. The first-order valence-corrected chi connectivity index (χ1v) is 13.9. The minimum atomic E-state index is -6.11. The quantitative estimate of drug-likeness (QED) is 0.228. The minimum Gasteiger partial charge on any atom is -0.497 e. The van der Waals surface area contributed by atoms with Gasteiger partial charge in [-0.15, -0.1) is 0 Å². The summed E-state index contributed by atoms with van der Waals surface area (Å²) in [4.78, 5) is 0. The summed E-state index contributed by atoms with van der Waals surface area (Å²) in [6.07, 6.45) is -1.83. The summed E-state index contributed by atoms with van der Waals surface area (Å²) >= 11 is 0. The molecule has 1 heterocycles. The lowest BCUT2D eigenvalue weighted by Gasteiger charge is -2.35. The Kier molecular flexibility index (Phi) is 7.43. The molecule has 0 radical (unpaired) electrons. The van der Waals surface area contributed by atoms with Crippen molar-refractivity contribution in [2.75, 3.05) is 27.9 Å². The topological polar surface area (TPSA) is 89.5 Å². The molecule has 5 rings (SSSR count). The van der Waals surface area contributed by atoms with Gasteiger partial charge in [-0.1, -0.05) is 42.5 Å². The second-order valence-electron chi connectivity index (χ2n) is 9.23. The molecule has 3 aromatic carbocycles. The van der Waals surface area contributed by atoms with Crippen molar-refractivity contribution in [1.82, 2.24) is 0 Å². The molecule has 0 amide bonds. The Bertz CT molecular complexity index is 1570. The highest BCUT2D eigenvalue weighted by molar-refractivity contribution is 7.87. The van der Waals surface area contributed by atoms with E-state index < -0.39 is 33.4 Å². The molecule has 1 aliphatic carbocycles. The summed E-state index contributed by atoms with van der Waals surface area (Å²) in [6.45, 7) is 1.56. The van der Waals surface area contributed by atoms with Crippen LogP contribution in [0, 0.1) is 0 Å². The Hall–Kier alpha value is -3.74.